The lowest BCUT2D eigenvalue weighted by molar-refractivity contribution is -0.134. The Balaban J connectivity index is 0.000000471. The van der Waals surface area contributed by atoms with E-state index in [0.29, 0.717) is 5.92 Å². The molecule has 1 atom stereocenters. The zero-order valence-electron chi connectivity index (χ0n) is 14.3. The first kappa shape index (κ1) is 18.5. The maximum atomic E-state index is 9.00. The van der Waals surface area contributed by atoms with Gasteiger partial charge in [-0.15, -0.1) is 10.2 Å². The SMILES string of the molecule is CC(=O)O.Cn1cc(CSc2nnc(C3CCCNC3)n2C)cn1. The lowest BCUT2D eigenvalue weighted by Crippen LogP contribution is -2.29. The minimum absolute atomic E-state index is 0.494. The zero-order chi connectivity index (χ0) is 17.5. The van der Waals surface area contributed by atoms with Gasteiger partial charge in [0.15, 0.2) is 5.16 Å². The van der Waals surface area contributed by atoms with Crippen LogP contribution in [0.25, 0.3) is 0 Å². The highest BCUT2D eigenvalue weighted by Gasteiger charge is 2.21. The molecule has 0 radical (unpaired) electrons. The fraction of sp³-hybridized carbons (Fsp3) is 0.600. The van der Waals surface area contributed by atoms with Crippen molar-refractivity contribution in [2.75, 3.05) is 13.1 Å². The molecule has 2 aromatic heterocycles. The van der Waals surface area contributed by atoms with Crippen molar-refractivity contribution in [1.82, 2.24) is 29.9 Å². The van der Waals surface area contributed by atoms with Gasteiger partial charge in [0.25, 0.3) is 5.97 Å². The van der Waals surface area contributed by atoms with E-state index in [2.05, 4.69) is 32.2 Å². The van der Waals surface area contributed by atoms with Gasteiger partial charge in [0.1, 0.15) is 5.82 Å². The lowest BCUT2D eigenvalue weighted by Gasteiger charge is -2.21. The molecule has 0 aromatic carbocycles. The van der Waals surface area contributed by atoms with Crippen molar-refractivity contribution < 1.29 is 9.90 Å². The van der Waals surface area contributed by atoms with Crippen LogP contribution in [0.2, 0.25) is 0 Å². The molecular weight excluding hydrogens is 328 g/mol. The third-order valence-electron chi connectivity index (χ3n) is 3.66. The van der Waals surface area contributed by atoms with E-state index in [0.717, 1.165) is 36.7 Å². The summed E-state index contributed by atoms with van der Waals surface area (Å²) in [6, 6.07) is 0. The Labute approximate surface area is 145 Å². The first-order chi connectivity index (χ1) is 11.5. The van der Waals surface area contributed by atoms with Gasteiger partial charge in [-0.05, 0) is 19.4 Å². The summed E-state index contributed by atoms with van der Waals surface area (Å²) >= 11 is 1.71. The van der Waals surface area contributed by atoms with Gasteiger partial charge >= 0.3 is 0 Å². The van der Waals surface area contributed by atoms with Crippen molar-refractivity contribution in [3.8, 4) is 0 Å². The summed E-state index contributed by atoms with van der Waals surface area (Å²) in [6.45, 7) is 3.22. The van der Waals surface area contributed by atoms with Crippen LogP contribution in [-0.2, 0) is 24.6 Å². The molecule has 24 heavy (non-hydrogen) atoms. The summed E-state index contributed by atoms with van der Waals surface area (Å²) in [4.78, 5) is 9.00. The zero-order valence-corrected chi connectivity index (χ0v) is 15.1. The molecule has 1 fully saturated rings. The fourth-order valence-corrected chi connectivity index (χ4v) is 3.40. The van der Waals surface area contributed by atoms with E-state index in [4.69, 9.17) is 9.90 Å². The predicted molar refractivity (Wildman–Crippen MR) is 91.9 cm³/mol. The largest absolute Gasteiger partial charge is 0.481 e. The molecule has 0 aliphatic carbocycles. The minimum Gasteiger partial charge on any atom is -0.481 e. The molecule has 3 rings (SSSR count). The standard InChI is InChI=1S/C13H20N6S.C2H4O2/c1-18-8-10(6-15-18)9-20-13-17-16-12(19(13)2)11-4-3-5-14-7-11;1-2(3)4/h6,8,11,14H,3-5,7,9H2,1-2H3;1H3,(H,3,4). The molecule has 2 N–H and O–H groups in total. The number of carboxylic acids is 1. The molecule has 0 amide bonds. The summed E-state index contributed by atoms with van der Waals surface area (Å²) in [5.41, 5.74) is 1.21. The molecule has 1 aliphatic rings. The van der Waals surface area contributed by atoms with Crippen molar-refractivity contribution in [1.29, 1.82) is 0 Å². The molecule has 0 bridgehead atoms. The van der Waals surface area contributed by atoms with Gasteiger partial charge in [-0.3, -0.25) is 9.48 Å². The smallest absolute Gasteiger partial charge is 0.300 e. The molecule has 9 heteroatoms. The summed E-state index contributed by atoms with van der Waals surface area (Å²) < 4.78 is 3.96. The van der Waals surface area contributed by atoms with Crippen LogP contribution < -0.4 is 5.32 Å². The van der Waals surface area contributed by atoms with Gasteiger partial charge in [-0.2, -0.15) is 5.10 Å². The van der Waals surface area contributed by atoms with Crippen molar-refractivity contribution in [3.05, 3.63) is 23.8 Å². The average Bonchev–Trinajstić information content (AvgIpc) is 3.11. The van der Waals surface area contributed by atoms with Crippen LogP contribution >= 0.6 is 11.8 Å². The summed E-state index contributed by atoms with van der Waals surface area (Å²) in [6.07, 6.45) is 6.35. The first-order valence-electron chi connectivity index (χ1n) is 7.87. The molecule has 132 valence electrons. The Morgan fingerprint density at radius 1 is 1.46 bits per heavy atom. The molecule has 2 aromatic rings. The lowest BCUT2D eigenvalue weighted by atomic mass is 9.99. The number of carbonyl (C=O) groups is 1. The first-order valence-corrected chi connectivity index (χ1v) is 8.85. The van der Waals surface area contributed by atoms with E-state index in [-0.39, 0.29) is 0 Å². The number of carboxylic acid groups (broad SMARTS) is 1. The van der Waals surface area contributed by atoms with Crippen LogP contribution in [0.3, 0.4) is 0 Å². The van der Waals surface area contributed by atoms with Crippen molar-refractivity contribution in [2.45, 2.75) is 36.6 Å². The van der Waals surface area contributed by atoms with Crippen molar-refractivity contribution in [3.63, 3.8) is 0 Å². The van der Waals surface area contributed by atoms with Crippen LogP contribution in [-0.4, -0.2) is 48.7 Å². The number of piperidine rings is 1. The van der Waals surface area contributed by atoms with Gasteiger partial charge < -0.3 is 15.0 Å². The second kappa shape index (κ2) is 8.84. The quantitative estimate of drug-likeness (QED) is 0.803. The van der Waals surface area contributed by atoms with E-state index in [1.54, 1.807) is 11.8 Å². The van der Waals surface area contributed by atoms with Gasteiger partial charge in [0.2, 0.25) is 0 Å². The second-order valence-electron chi connectivity index (χ2n) is 5.77. The number of thioether (sulfide) groups is 1. The Kier molecular flexibility index (Phi) is 6.80. The van der Waals surface area contributed by atoms with E-state index in [9.17, 15) is 0 Å². The highest BCUT2D eigenvalue weighted by molar-refractivity contribution is 7.98. The number of hydrogen-bond acceptors (Lipinski definition) is 6. The number of nitrogens with zero attached hydrogens (tertiary/aromatic N) is 5. The monoisotopic (exact) mass is 352 g/mol. The molecule has 1 unspecified atom stereocenters. The number of nitrogens with one attached hydrogen (secondary N) is 1. The maximum absolute atomic E-state index is 9.00. The van der Waals surface area contributed by atoms with Crippen LogP contribution in [0, 0.1) is 0 Å². The molecule has 3 heterocycles. The van der Waals surface area contributed by atoms with Crippen LogP contribution in [0.4, 0.5) is 0 Å². The van der Waals surface area contributed by atoms with Crippen LogP contribution in [0.5, 0.6) is 0 Å². The fourth-order valence-electron chi connectivity index (χ4n) is 2.57. The predicted octanol–water partition coefficient (Wildman–Crippen LogP) is 1.40. The third kappa shape index (κ3) is 5.34. The van der Waals surface area contributed by atoms with Gasteiger partial charge in [0, 0.05) is 51.0 Å². The third-order valence-corrected chi connectivity index (χ3v) is 4.75. The van der Waals surface area contributed by atoms with E-state index >= 15 is 0 Å². The van der Waals surface area contributed by atoms with E-state index in [1.807, 2.05) is 24.1 Å². The Hall–Kier alpha value is -1.87. The van der Waals surface area contributed by atoms with Crippen molar-refractivity contribution in [2.24, 2.45) is 14.1 Å². The summed E-state index contributed by atoms with van der Waals surface area (Å²) in [5, 5.41) is 24.7. The van der Waals surface area contributed by atoms with Gasteiger partial charge in [-0.25, -0.2) is 0 Å². The number of rotatable bonds is 4. The molecule has 0 spiro atoms. The van der Waals surface area contributed by atoms with Crippen LogP contribution in [0.1, 0.15) is 37.1 Å². The molecule has 0 saturated carbocycles. The van der Waals surface area contributed by atoms with Crippen molar-refractivity contribution >= 4 is 17.7 Å². The van der Waals surface area contributed by atoms with Crippen LogP contribution in [0.15, 0.2) is 17.6 Å². The Morgan fingerprint density at radius 2 is 2.21 bits per heavy atom. The van der Waals surface area contributed by atoms with E-state index in [1.165, 1.54) is 18.4 Å². The topological polar surface area (TPSA) is 97.9 Å². The molecule has 8 nitrogen and oxygen atoms in total. The second-order valence-corrected chi connectivity index (χ2v) is 6.72. The summed E-state index contributed by atoms with van der Waals surface area (Å²) in [5.74, 6) is 1.64. The molecular formula is C15H24N6O2S. The Bertz CT molecular complexity index is 659. The number of aliphatic carboxylic acids is 1. The number of aromatic nitrogens is 5. The highest BCUT2D eigenvalue weighted by Crippen LogP contribution is 2.26. The maximum Gasteiger partial charge on any atom is 0.300 e. The normalized spacial score (nSPS) is 17.2. The molecule has 1 saturated heterocycles. The molecule has 1 aliphatic heterocycles. The summed E-state index contributed by atoms with van der Waals surface area (Å²) in [7, 11) is 4.00. The minimum atomic E-state index is -0.833. The average molecular weight is 352 g/mol. The highest BCUT2D eigenvalue weighted by atomic mass is 32.2. The Morgan fingerprint density at radius 3 is 2.79 bits per heavy atom. The number of hydrogen-bond donors (Lipinski definition) is 2. The van der Waals surface area contributed by atoms with Gasteiger partial charge in [-0.1, -0.05) is 11.8 Å². The van der Waals surface area contributed by atoms with Gasteiger partial charge in [0.05, 0.1) is 6.20 Å². The van der Waals surface area contributed by atoms with E-state index < -0.39 is 5.97 Å². The number of aryl methyl sites for hydroxylation is 1.